The third-order valence-electron chi connectivity index (χ3n) is 3.34. The molecule has 0 heterocycles. The lowest BCUT2D eigenvalue weighted by Gasteiger charge is -2.19. The van der Waals surface area contributed by atoms with Gasteiger partial charge < -0.3 is 9.47 Å². The molecule has 18 heavy (non-hydrogen) atoms. The van der Waals surface area contributed by atoms with Gasteiger partial charge in [0.15, 0.2) is 6.29 Å². The van der Waals surface area contributed by atoms with Crippen LogP contribution in [0, 0.1) is 6.92 Å². The lowest BCUT2D eigenvalue weighted by molar-refractivity contribution is -0.136. The molecule has 0 aromatic rings. The molecule has 109 valence electrons. The predicted octanol–water partition coefficient (Wildman–Crippen LogP) is 3.96. The van der Waals surface area contributed by atoms with Gasteiger partial charge in [0, 0.05) is 22.7 Å². The van der Waals surface area contributed by atoms with Crippen molar-refractivity contribution in [1.29, 1.82) is 0 Å². The molecular weight excluding hydrogens is 240 g/mol. The van der Waals surface area contributed by atoms with Crippen LogP contribution in [-0.2, 0) is 9.47 Å². The largest absolute Gasteiger partial charge is 0.353 e. The number of hydrogen-bond donors (Lipinski definition) is 0. The van der Waals surface area contributed by atoms with E-state index >= 15 is 0 Å². The van der Waals surface area contributed by atoms with Crippen LogP contribution >= 0.6 is 0 Å². The summed E-state index contributed by atoms with van der Waals surface area (Å²) < 4.78 is 11.2. The van der Waals surface area contributed by atoms with Crippen LogP contribution in [0.4, 0.5) is 0 Å². The Balaban J connectivity index is 3.78. The Labute approximate surface area is 117 Å². The van der Waals surface area contributed by atoms with Gasteiger partial charge in [-0.2, -0.15) is 0 Å². The molecule has 0 fully saturated rings. The van der Waals surface area contributed by atoms with E-state index < -0.39 is 0 Å². The molecule has 0 saturated carbocycles. The van der Waals surface area contributed by atoms with Gasteiger partial charge in [0.25, 0.3) is 0 Å². The van der Waals surface area contributed by atoms with Crippen LogP contribution in [-0.4, -0.2) is 29.0 Å². The van der Waals surface area contributed by atoms with E-state index in [1.165, 1.54) is 31.7 Å². The van der Waals surface area contributed by atoms with E-state index in [4.69, 9.17) is 9.47 Å². The summed E-state index contributed by atoms with van der Waals surface area (Å²) in [5.74, 6) is 0. The van der Waals surface area contributed by atoms with Gasteiger partial charge in [-0.1, -0.05) is 57.5 Å². The van der Waals surface area contributed by atoms with Crippen molar-refractivity contribution in [2.24, 2.45) is 0 Å². The van der Waals surface area contributed by atoms with Crippen LogP contribution < -0.4 is 0 Å². The number of rotatable bonds is 13. The van der Waals surface area contributed by atoms with E-state index in [0.29, 0.717) is 0 Å². The summed E-state index contributed by atoms with van der Waals surface area (Å²) in [4.78, 5) is 0. The summed E-state index contributed by atoms with van der Waals surface area (Å²) in [7, 11) is 0.0172. The van der Waals surface area contributed by atoms with E-state index in [0.717, 1.165) is 31.6 Å². The molecule has 3 heteroatoms. The first-order valence-corrected chi connectivity index (χ1v) is 9.62. The van der Waals surface area contributed by atoms with Gasteiger partial charge in [0.1, 0.15) is 0 Å². The van der Waals surface area contributed by atoms with E-state index in [1.54, 1.807) is 0 Å². The Morgan fingerprint density at radius 1 is 1.00 bits per heavy atom. The summed E-state index contributed by atoms with van der Waals surface area (Å²) in [5.41, 5.74) is 0.992. The van der Waals surface area contributed by atoms with Crippen LogP contribution in [0.1, 0.15) is 59.3 Å². The van der Waals surface area contributed by atoms with Crippen molar-refractivity contribution >= 4 is 9.52 Å². The Morgan fingerprint density at radius 3 is 2.17 bits per heavy atom. The minimum absolute atomic E-state index is 0.0172. The highest BCUT2D eigenvalue weighted by Crippen LogP contribution is 2.22. The summed E-state index contributed by atoms with van der Waals surface area (Å²) in [5, 5.41) is 0. The smallest absolute Gasteiger partial charge is 0.157 e. The second-order valence-electron chi connectivity index (χ2n) is 4.92. The van der Waals surface area contributed by atoms with Gasteiger partial charge in [0.2, 0.25) is 0 Å². The second-order valence-corrected chi connectivity index (χ2v) is 7.36. The standard InChI is InChI=1S/C15H33O2Si/c1-5-9-11-14(10-6-2)18-13-12-15(16-7-3)17-8-4/h14-15H,2,5-13,18H2,1,3-4H3. The fraction of sp³-hybridized carbons (Fsp3) is 0.933. The third kappa shape index (κ3) is 10.1. The molecule has 0 aromatic carbocycles. The minimum atomic E-state index is 0.0172. The van der Waals surface area contributed by atoms with Crippen LogP contribution in [0.5, 0.6) is 0 Å². The Bertz CT molecular complexity index is 159. The van der Waals surface area contributed by atoms with E-state index in [-0.39, 0.29) is 15.8 Å². The molecule has 0 N–H and O–H groups in total. The van der Waals surface area contributed by atoms with E-state index in [2.05, 4.69) is 13.8 Å². The maximum Gasteiger partial charge on any atom is 0.157 e. The van der Waals surface area contributed by atoms with E-state index in [1.807, 2.05) is 13.8 Å². The molecular formula is C15H33O2Si. The summed E-state index contributed by atoms with van der Waals surface area (Å²) >= 11 is 0. The maximum atomic E-state index is 5.59. The van der Waals surface area contributed by atoms with Crippen molar-refractivity contribution in [3.8, 4) is 0 Å². The second kappa shape index (κ2) is 13.6. The molecule has 0 aliphatic carbocycles. The summed E-state index contributed by atoms with van der Waals surface area (Å²) in [6.45, 7) is 11.9. The highest BCUT2D eigenvalue weighted by molar-refractivity contribution is 6.37. The van der Waals surface area contributed by atoms with Crippen molar-refractivity contribution < 1.29 is 9.47 Å². The van der Waals surface area contributed by atoms with Crippen LogP contribution in [0.15, 0.2) is 0 Å². The molecule has 0 rings (SSSR count). The van der Waals surface area contributed by atoms with Crippen LogP contribution in [0.25, 0.3) is 0 Å². The fourth-order valence-corrected chi connectivity index (χ4v) is 4.68. The van der Waals surface area contributed by atoms with Crippen molar-refractivity contribution in [2.75, 3.05) is 13.2 Å². The first-order chi connectivity index (χ1) is 8.78. The highest BCUT2D eigenvalue weighted by Gasteiger charge is 2.11. The zero-order valence-electron chi connectivity index (χ0n) is 12.7. The Morgan fingerprint density at radius 2 is 1.67 bits per heavy atom. The molecule has 2 nitrogen and oxygen atoms in total. The highest BCUT2D eigenvalue weighted by atomic mass is 28.2. The van der Waals surface area contributed by atoms with Gasteiger partial charge in [0.05, 0.1) is 0 Å². The topological polar surface area (TPSA) is 18.5 Å². The average Bonchev–Trinajstić information content (AvgIpc) is 2.36. The van der Waals surface area contributed by atoms with Gasteiger partial charge in [-0.3, -0.25) is 0 Å². The number of unbranched alkanes of at least 4 members (excludes halogenated alkanes) is 1. The SMILES string of the molecule is [CH2]CCC(CCCC)[SiH2]CCC(OCC)OCC. The zero-order valence-corrected chi connectivity index (χ0v) is 14.2. The predicted molar refractivity (Wildman–Crippen MR) is 82.9 cm³/mol. The van der Waals surface area contributed by atoms with Gasteiger partial charge in [-0.25, -0.2) is 0 Å². The monoisotopic (exact) mass is 273 g/mol. The van der Waals surface area contributed by atoms with Crippen molar-refractivity contribution in [2.45, 2.75) is 77.2 Å². The fourth-order valence-electron chi connectivity index (χ4n) is 2.37. The molecule has 0 aromatic heterocycles. The molecule has 0 amide bonds. The molecule has 1 unspecified atom stereocenters. The zero-order chi connectivity index (χ0) is 13.6. The quantitative estimate of drug-likeness (QED) is 0.373. The van der Waals surface area contributed by atoms with Gasteiger partial charge in [-0.05, 0) is 20.3 Å². The molecule has 0 bridgehead atoms. The van der Waals surface area contributed by atoms with Crippen molar-refractivity contribution in [1.82, 2.24) is 0 Å². The summed E-state index contributed by atoms with van der Waals surface area (Å²) in [6, 6.07) is 1.35. The van der Waals surface area contributed by atoms with Crippen molar-refractivity contribution in [3.05, 3.63) is 6.92 Å². The molecule has 0 aliphatic heterocycles. The maximum absolute atomic E-state index is 5.59. The lowest BCUT2D eigenvalue weighted by atomic mass is 10.1. The summed E-state index contributed by atoms with van der Waals surface area (Å²) in [6.07, 6.45) is 7.70. The van der Waals surface area contributed by atoms with Crippen LogP contribution in [0.2, 0.25) is 11.6 Å². The lowest BCUT2D eigenvalue weighted by Crippen LogP contribution is -2.18. The average molecular weight is 274 g/mol. The Hall–Kier alpha value is 0.137. The van der Waals surface area contributed by atoms with Crippen LogP contribution in [0.3, 0.4) is 0 Å². The first kappa shape index (κ1) is 18.1. The molecule has 0 saturated heterocycles. The third-order valence-corrected chi connectivity index (χ3v) is 5.79. The molecule has 1 radical (unpaired) electrons. The van der Waals surface area contributed by atoms with Gasteiger partial charge in [-0.15, -0.1) is 0 Å². The first-order valence-electron chi connectivity index (χ1n) is 7.80. The number of ether oxygens (including phenoxy) is 2. The minimum Gasteiger partial charge on any atom is -0.353 e. The molecule has 0 aliphatic rings. The molecule has 0 spiro atoms. The van der Waals surface area contributed by atoms with E-state index in [9.17, 15) is 0 Å². The normalized spacial score (nSPS) is 13.8. The van der Waals surface area contributed by atoms with Gasteiger partial charge >= 0.3 is 0 Å². The number of hydrogen-bond acceptors (Lipinski definition) is 2. The Kier molecular flexibility index (Phi) is 13.7. The molecule has 1 atom stereocenters. The van der Waals surface area contributed by atoms with Crippen molar-refractivity contribution in [3.63, 3.8) is 0 Å².